The highest BCUT2D eigenvalue weighted by Gasteiger charge is 2.38. The van der Waals surface area contributed by atoms with Gasteiger partial charge in [-0.05, 0) is 63.3 Å². The maximum absolute atomic E-state index is 12.4. The Kier molecular flexibility index (Phi) is 6.31. The monoisotopic (exact) mass is 338 g/mol. The van der Waals surface area contributed by atoms with Crippen LogP contribution in [0.2, 0.25) is 0 Å². The molecule has 2 N–H and O–H groups in total. The highest BCUT2D eigenvalue weighted by molar-refractivity contribution is 5.95. The Bertz CT molecular complexity index is 504. The van der Waals surface area contributed by atoms with Gasteiger partial charge in [-0.15, -0.1) is 12.4 Å². The third kappa shape index (κ3) is 4.61. The van der Waals surface area contributed by atoms with Crippen molar-refractivity contribution >= 4 is 24.0 Å². The van der Waals surface area contributed by atoms with Crippen LogP contribution in [-0.4, -0.2) is 24.1 Å². The molecule has 23 heavy (non-hydrogen) atoms. The van der Waals surface area contributed by atoms with Crippen LogP contribution in [-0.2, 0) is 4.79 Å². The lowest BCUT2D eigenvalue weighted by molar-refractivity contribution is -0.117. The van der Waals surface area contributed by atoms with Gasteiger partial charge in [-0.3, -0.25) is 4.79 Å². The van der Waals surface area contributed by atoms with Gasteiger partial charge in [-0.25, -0.2) is 0 Å². The zero-order chi connectivity index (χ0) is 15.5. The summed E-state index contributed by atoms with van der Waals surface area (Å²) in [7, 11) is 0. The summed E-state index contributed by atoms with van der Waals surface area (Å²) in [5.41, 5.74) is 0.831. The number of amides is 1. The molecule has 0 spiro atoms. The molecule has 3 atom stereocenters. The van der Waals surface area contributed by atoms with Gasteiger partial charge in [0.1, 0.15) is 5.75 Å². The number of benzene rings is 1. The van der Waals surface area contributed by atoms with E-state index in [1.165, 1.54) is 25.7 Å². The second-order valence-corrected chi connectivity index (χ2v) is 6.79. The average molecular weight is 339 g/mol. The maximum atomic E-state index is 12.4. The first-order valence-corrected chi connectivity index (χ1v) is 8.45. The van der Waals surface area contributed by atoms with E-state index in [0.717, 1.165) is 17.9 Å². The summed E-state index contributed by atoms with van der Waals surface area (Å²) in [5.74, 6) is 1.61. The fourth-order valence-corrected chi connectivity index (χ4v) is 3.64. The van der Waals surface area contributed by atoms with E-state index < -0.39 is 0 Å². The minimum atomic E-state index is -0.0420. The first-order valence-electron chi connectivity index (χ1n) is 8.45. The average Bonchev–Trinajstić information content (AvgIpc) is 2.93. The zero-order valence-electron chi connectivity index (χ0n) is 13.9. The molecule has 0 bridgehead atoms. The second kappa shape index (κ2) is 8.02. The Morgan fingerprint density at radius 2 is 1.91 bits per heavy atom. The van der Waals surface area contributed by atoms with Crippen molar-refractivity contribution in [2.45, 2.75) is 64.1 Å². The van der Waals surface area contributed by atoms with E-state index in [0.29, 0.717) is 12.0 Å². The fourth-order valence-electron chi connectivity index (χ4n) is 3.64. The van der Waals surface area contributed by atoms with Crippen molar-refractivity contribution in [2.75, 3.05) is 5.32 Å². The molecule has 1 saturated carbocycles. The quantitative estimate of drug-likeness (QED) is 0.879. The fraction of sp³-hybridized carbons (Fsp3) is 0.611. The largest absolute Gasteiger partial charge is 0.491 e. The number of nitrogens with one attached hydrogen (secondary N) is 2. The van der Waals surface area contributed by atoms with Crippen LogP contribution in [0.1, 0.15) is 46.0 Å². The lowest BCUT2D eigenvalue weighted by Gasteiger charge is -2.24. The van der Waals surface area contributed by atoms with Gasteiger partial charge >= 0.3 is 0 Å². The molecule has 1 aliphatic carbocycles. The first-order chi connectivity index (χ1) is 10.6. The number of fused-ring (bicyclic) bond motifs is 1. The number of halogens is 1. The maximum Gasteiger partial charge on any atom is 0.241 e. The van der Waals surface area contributed by atoms with Crippen LogP contribution in [0.3, 0.4) is 0 Å². The van der Waals surface area contributed by atoms with Crippen molar-refractivity contribution in [2.24, 2.45) is 5.92 Å². The molecule has 2 aliphatic rings. The minimum Gasteiger partial charge on any atom is -0.491 e. The van der Waals surface area contributed by atoms with E-state index in [1.54, 1.807) is 0 Å². The van der Waals surface area contributed by atoms with Crippen LogP contribution < -0.4 is 15.4 Å². The predicted molar refractivity (Wildman–Crippen MR) is 95.4 cm³/mol. The number of carbonyl (C=O) groups excluding carboxylic acids is 1. The lowest BCUT2D eigenvalue weighted by atomic mass is 9.85. The Morgan fingerprint density at radius 1 is 1.22 bits per heavy atom. The summed E-state index contributed by atoms with van der Waals surface area (Å²) in [6.07, 6.45) is 6.23. The van der Waals surface area contributed by atoms with E-state index >= 15 is 0 Å². The smallest absolute Gasteiger partial charge is 0.241 e. The van der Waals surface area contributed by atoms with E-state index in [1.807, 2.05) is 38.1 Å². The van der Waals surface area contributed by atoms with Crippen molar-refractivity contribution in [3.63, 3.8) is 0 Å². The van der Waals surface area contributed by atoms with E-state index in [9.17, 15) is 4.79 Å². The van der Waals surface area contributed by atoms with Crippen LogP contribution >= 0.6 is 12.4 Å². The van der Waals surface area contributed by atoms with Gasteiger partial charge in [0.25, 0.3) is 0 Å². The van der Waals surface area contributed by atoms with Crippen LogP contribution in [0.4, 0.5) is 5.69 Å². The Hall–Kier alpha value is -1.26. The molecule has 1 aromatic rings. The van der Waals surface area contributed by atoms with Crippen LogP contribution in [0.5, 0.6) is 5.75 Å². The van der Waals surface area contributed by atoms with Gasteiger partial charge in [0.2, 0.25) is 5.91 Å². The molecule has 0 radical (unpaired) electrons. The predicted octanol–water partition coefficient (Wildman–Crippen LogP) is 3.75. The summed E-state index contributed by atoms with van der Waals surface area (Å²) in [6, 6.07) is 8.11. The van der Waals surface area contributed by atoms with Crippen LogP contribution in [0.15, 0.2) is 24.3 Å². The van der Waals surface area contributed by atoms with E-state index in [-0.39, 0.29) is 30.5 Å². The molecule has 128 valence electrons. The molecule has 1 saturated heterocycles. The van der Waals surface area contributed by atoms with Crippen molar-refractivity contribution < 1.29 is 9.53 Å². The van der Waals surface area contributed by atoms with Gasteiger partial charge in [-0.1, -0.05) is 12.8 Å². The highest BCUT2D eigenvalue weighted by atomic mass is 35.5. The van der Waals surface area contributed by atoms with Crippen molar-refractivity contribution in [1.29, 1.82) is 0 Å². The van der Waals surface area contributed by atoms with E-state index in [2.05, 4.69) is 10.6 Å². The summed E-state index contributed by atoms with van der Waals surface area (Å²) < 4.78 is 5.61. The van der Waals surface area contributed by atoms with E-state index in [4.69, 9.17) is 4.74 Å². The number of carbonyl (C=O) groups is 1. The summed E-state index contributed by atoms with van der Waals surface area (Å²) in [4.78, 5) is 12.4. The lowest BCUT2D eigenvalue weighted by Crippen LogP contribution is -2.39. The summed E-state index contributed by atoms with van der Waals surface area (Å²) in [6.45, 7) is 4.00. The molecule has 4 nitrogen and oxygen atoms in total. The molecule has 1 aliphatic heterocycles. The summed E-state index contributed by atoms with van der Waals surface area (Å²) in [5, 5.41) is 6.53. The molecule has 3 rings (SSSR count). The molecule has 1 amide bonds. The highest BCUT2D eigenvalue weighted by Crippen LogP contribution is 2.33. The van der Waals surface area contributed by atoms with Gasteiger partial charge in [0, 0.05) is 11.7 Å². The number of hydrogen-bond donors (Lipinski definition) is 2. The first kappa shape index (κ1) is 18.1. The Balaban J connectivity index is 0.00000192. The van der Waals surface area contributed by atoms with Crippen molar-refractivity contribution in [3.8, 4) is 5.75 Å². The van der Waals surface area contributed by atoms with Gasteiger partial charge in [0.15, 0.2) is 0 Å². The number of anilines is 1. The van der Waals surface area contributed by atoms with Gasteiger partial charge in [0.05, 0.1) is 12.1 Å². The Labute approximate surface area is 144 Å². The normalized spacial score (nSPS) is 26.3. The molecule has 0 aromatic heterocycles. The summed E-state index contributed by atoms with van der Waals surface area (Å²) >= 11 is 0. The molecule has 1 heterocycles. The minimum absolute atomic E-state index is 0. The molecular formula is C18H27ClN2O2. The molecule has 5 heteroatoms. The SMILES string of the molecule is CC(C)Oc1ccc(NC(=O)C2CC3CCCCC3N2)cc1.Cl. The third-order valence-electron chi connectivity index (χ3n) is 4.67. The molecule has 1 aromatic carbocycles. The standard InChI is InChI=1S/C18H26N2O2.ClH/c1-12(2)22-15-9-7-14(8-10-15)19-18(21)17-11-13-5-3-4-6-16(13)20-17;/h7-10,12-13,16-17,20H,3-6,11H2,1-2H3,(H,19,21);1H. The van der Waals surface area contributed by atoms with Crippen LogP contribution in [0.25, 0.3) is 0 Å². The molecular weight excluding hydrogens is 312 g/mol. The third-order valence-corrected chi connectivity index (χ3v) is 4.67. The second-order valence-electron chi connectivity index (χ2n) is 6.79. The molecule has 2 fully saturated rings. The van der Waals surface area contributed by atoms with Gasteiger partial charge < -0.3 is 15.4 Å². The van der Waals surface area contributed by atoms with Crippen molar-refractivity contribution in [1.82, 2.24) is 5.32 Å². The number of rotatable bonds is 4. The number of hydrogen-bond acceptors (Lipinski definition) is 3. The van der Waals surface area contributed by atoms with Crippen LogP contribution in [0, 0.1) is 5.92 Å². The van der Waals surface area contributed by atoms with Gasteiger partial charge in [-0.2, -0.15) is 0 Å². The molecule has 3 unspecified atom stereocenters. The Morgan fingerprint density at radius 3 is 2.57 bits per heavy atom. The topological polar surface area (TPSA) is 50.4 Å². The zero-order valence-corrected chi connectivity index (χ0v) is 14.7. The number of ether oxygens (including phenoxy) is 1. The van der Waals surface area contributed by atoms with Crippen molar-refractivity contribution in [3.05, 3.63) is 24.3 Å².